The van der Waals surface area contributed by atoms with Crippen LogP contribution in [0.5, 0.6) is 0 Å². The molecule has 0 aliphatic rings. The fourth-order valence-corrected chi connectivity index (χ4v) is 4.01. The van der Waals surface area contributed by atoms with Crippen LogP contribution in [0.2, 0.25) is 0 Å². The number of nitrogens with one attached hydrogen (secondary N) is 2. The van der Waals surface area contributed by atoms with Crippen LogP contribution < -0.4 is 10.6 Å². The van der Waals surface area contributed by atoms with E-state index in [4.69, 9.17) is 0 Å². The topological polar surface area (TPSA) is 67.4 Å². The molecule has 0 aromatic heterocycles. The maximum absolute atomic E-state index is 12.5. The minimum atomic E-state index is -0.734. The van der Waals surface area contributed by atoms with Gasteiger partial charge in [0.25, 0.3) is 0 Å². The summed E-state index contributed by atoms with van der Waals surface area (Å²) in [5.74, 6) is -0.662. The molecular weight excluding hydrogens is 412 g/mol. The number of carbonyl (C=O) groups excluding carboxylic acids is 2. The Morgan fingerprint density at radius 1 is 0.970 bits per heavy atom. The maximum atomic E-state index is 12.5. The number of carbonyl (C=O) groups is 2. The zero-order valence-electron chi connectivity index (χ0n) is 20.0. The average Bonchev–Trinajstić information content (AvgIpc) is 2.84. The second-order valence-corrected chi connectivity index (χ2v) is 8.93. The minimum Gasteiger partial charge on any atom is -0.468 e. The van der Waals surface area contributed by atoms with Gasteiger partial charge in [-0.25, -0.2) is 0 Å². The van der Waals surface area contributed by atoms with Gasteiger partial charge in [0.05, 0.1) is 12.5 Å². The molecule has 0 aliphatic carbocycles. The van der Waals surface area contributed by atoms with E-state index >= 15 is 0 Å². The second-order valence-electron chi connectivity index (χ2n) is 8.93. The van der Waals surface area contributed by atoms with Gasteiger partial charge in [-0.3, -0.25) is 9.59 Å². The fourth-order valence-electron chi connectivity index (χ4n) is 4.01. The molecule has 5 nitrogen and oxygen atoms in total. The van der Waals surface area contributed by atoms with E-state index in [9.17, 15) is 9.59 Å². The standard InChI is InChI=1S/C28H34N2O3/c1-20(24-13-7-11-22-10-5-6-12-25(22)24)29-18-8-9-21-14-16-23(17-15-21)28(2,3)27(32)30-19-26(31)33-4/h5-7,10-17,20,29H,8-9,18-19H2,1-4H3,(H,30,32)/t20-/m1/s1. The molecule has 0 radical (unpaired) electrons. The van der Waals surface area contributed by atoms with Crippen LogP contribution >= 0.6 is 0 Å². The lowest BCUT2D eigenvalue weighted by Crippen LogP contribution is -2.42. The van der Waals surface area contributed by atoms with E-state index in [2.05, 4.69) is 76.9 Å². The van der Waals surface area contributed by atoms with Crippen LogP contribution in [0.3, 0.4) is 0 Å². The predicted octanol–water partition coefficient (Wildman–Crippen LogP) is 4.69. The van der Waals surface area contributed by atoms with Gasteiger partial charge in [-0.2, -0.15) is 0 Å². The molecule has 3 aromatic carbocycles. The first kappa shape index (κ1) is 24.5. The number of amides is 1. The van der Waals surface area contributed by atoms with Crippen molar-refractivity contribution in [3.63, 3.8) is 0 Å². The van der Waals surface area contributed by atoms with E-state index in [1.807, 2.05) is 26.0 Å². The molecule has 5 heteroatoms. The molecule has 0 heterocycles. The Morgan fingerprint density at radius 2 is 1.67 bits per heavy atom. The predicted molar refractivity (Wildman–Crippen MR) is 133 cm³/mol. The number of ether oxygens (including phenoxy) is 1. The molecule has 3 aromatic rings. The summed E-state index contributed by atoms with van der Waals surface area (Å²) in [6.07, 6.45) is 1.99. The number of rotatable bonds is 10. The molecule has 0 aliphatic heterocycles. The third kappa shape index (κ3) is 6.20. The van der Waals surface area contributed by atoms with Crippen molar-refractivity contribution in [1.29, 1.82) is 0 Å². The molecule has 1 amide bonds. The molecule has 0 saturated carbocycles. The molecule has 0 spiro atoms. The number of esters is 1. The lowest BCUT2D eigenvalue weighted by Gasteiger charge is -2.24. The summed E-state index contributed by atoms with van der Waals surface area (Å²) in [7, 11) is 1.30. The number of methoxy groups -OCH3 is 1. The zero-order chi connectivity index (χ0) is 23.8. The van der Waals surface area contributed by atoms with E-state index in [1.54, 1.807) is 0 Å². The van der Waals surface area contributed by atoms with E-state index < -0.39 is 11.4 Å². The van der Waals surface area contributed by atoms with Gasteiger partial charge in [0, 0.05) is 6.04 Å². The van der Waals surface area contributed by atoms with Crippen molar-refractivity contribution in [2.45, 2.75) is 45.1 Å². The van der Waals surface area contributed by atoms with Crippen molar-refractivity contribution < 1.29 is 14.3 Å². The summed E-state index contributed by atoms with van der Waals surface area (Å²) in [4.78, 5) is 23.8. The van der Waals surface area contributed by atoms with Gasteiger partial charge >= 0.3 is 5.97 Å². The van der Waals surface area contributed by atoms with Crippen LogP contribution in [0, 0.1) is 0 Å². The highest BCUT2D eigenvalue weighted by atomic mass is 16.5. The molecule has 0 fully saturated rings. The Hall–Kier alpha value is -3.18. The smallest absolute Gasteiger partial charge is 0.325 e. The Balaban J connectivity index is 1.50. The van der Waals surface area contributed by atoms with Gasteiger partial charge in [-0.05, 0) is 67.6 Å². The van der Waals surface area contributed by atoms with Crippen molar-refractivity contribution in [1.82, 2.24) is 10.6 Å². The number of benzene rings is 3. The number of aryl methyl sites for hydroxylation is 1. The monoisotopic (exact) mass is 446 g/mol. The second kappa shape index (κ2) is 11.1. The first-order chi connectivity index (χ1) is 15.8. The van der Waals surface area contributed by atoms with Gasteiger partial charge in [-0.1, -0.05) is 66.7 Å². The van der Waals surface area contributed by atoms with Gasteiger partial charge in [0.2, 0.25) is 5.91 Å². The van der Waals surface area contributed by atoms with Crippen molar-refractivity contribution in [3.05, 3.63) is 83.4 Å². The van der Waals surface area contributed by atoms with Crippen molar-refractivity contribution in [3.8, 4) is 0 Å². The van der Waals surface area contributed by atoms with Crippen molar-refractivity contribution >= 4 is 22.6 Å². The third-order valence-electron chi connectivity index (χ3n) is 6.25. The average molecular weight is 447 g/mol. The summed E-state index contributed by atoms with van der Waals surface area (Å²) in [5, 5.41) is 8.86. The lowest BCUT2D eigenvalue weighted by atomic mass is 9.83. The summed E-state index contributed by atoms with van der Waals surface area (Å²) in [5.41, 5.74) is 2.74. The number of hydrogen-bond acceptors (Lipinski definition) is 4. The summed E-state index contributed by atoms with van der Waals surface area (Å²) in [6.45, 7) is 6.72. The molecule has 2 N–H and O–H groups in total. The quantitative estimate of drug-likeness (QED) is 0.350. The molecule has 1 atom stereocenters. The molecule has 0 saturated heterocycles. The Morgan fingerprint density at radius 3 is 2.39 bits per heavy atom. The van der Waals surface area contributed by atoms with Crippen LogP contribution in [0.25, 0.3) is 10.8 Å². The molecular formula is C28H34N2O3. The Labute approximate surface area is 196 Å². The van der Waals surface area contributed by atoms with Gasteiger partial charge in [-0.15, -0.1) is 0 Å². The van der Waals surface area contributed by atoms with Crippen LogP contribution in [0.1, 0.15) is 49.9 Å². The summed E-state index contributed by atoms with van der Waals surface area (Å²) in [6, 6.07) is 23.4. The lowest BCUT2D eigenvalue weighted by molar-refractivity contribution is -0.141. The fraction of sp³-hybridized carbons (Fsp3) is 0.357. The van der Waals surface area contributed by atoms with Gasteiger partial charge in [0.15, 0.2) is 0 Å². The molecule has 0 unspecified atom stereocenters. The Bertz CT molecular complexity index is 1080. The molecule has 33 heavy (non-hydrogen) atoms. The molecule has 0 bridgehead atoms. The van der Waals surface area contributed by atoms with Crippen LogP contribution in [-0.4, -0.2) is 32.1 Å². The highest BCUT2D eigenvalue weighted by Gasteiger charge is 2.29. The minimum absolute atomic E-state index is 0.124. The first-order valence-electron chi connectivity index (χ1n) is 11.5. The van der Waals surface area contributed by atoms with E-state index in [0.29, 0.717) is 0 Å². The van der Waals surface area contributed by atoms with Gasteiger partial charge < -0.3 is 15.4 Å². The van der Waals surface area contributed by atoms with Crippen LogP contribution in [-0.2, 0) is 26.2 Å². The third-order valence-corrected chi connectivity index (χ3v) is 6.25. The normalized spacial score (nSPS) is 12.4. The highest BCUT2D eigenvalue weighted by Crippen LogP contribution is 2.25. The highest BCUT2D eigenvalue weighted by molar-refractivity contribution is 5.90. The van der Waals surface area contributed by atoms with E-state index in [1.165, 1.54) is 29.0 Å². The molecule has 3 rings (SSSR count). The van der Waals surface area contributed by atoms with Gasteiger partial charge in [0.1, 0.15) is 6.54 Å². The first-order valence-corrected chi connectivity index (χ1v) is 11.5. The van der Waals surface area contributed by atoms with E-state index in [0.717, 1.165) is 24.9 Å². The Kier molecular flexibility index (Phi) is 8.23. The zero-order valence-corrected chi connectivity index (χ0v) is 20.0. The van der Waals surface area contributed by atoms with Crippen LogP contribution in [0.15, 0.2) is 66.7 Å². The maximum Gasteiger partial charge on any atom is 0.325 e. The number of fused-ring (bicyclic) bond motifs is 1. The SMILES string of the molecule is COC(=O)CNC(=O)C(C)(C)c1ccc(CCCN[C@H](C)c2cccc3ccccc23)cc1. The summed E-state index contributed by atoms with van der Waals surface area (Å²) >= 11 is 0. The number of hydrogen-bond donors (Lipinski definition) is 2. The van der Waals surface area contributed by atoms with Crippen molar-refractivity contribution in [2.75, 3.05) is 20.2 Å². The molecule has 174 valence electrons. The largest absolute Gasteiger partial charge is 0.468 e. The van der Waals surface area contributed by atoms with Crippen LogP contribution in [0.4, 0.5) is 0 Å². The van der Waals surface area contributed by atoms with Crippen molar-refractivity contribution in [2.24, 2.45) is 0 Å². The summed E-state index contributed by atoms with van der Waals surface area (Å²) < 4.78 is 4.58. The van der Waals surface area contributed by atoms with E-state index in [-0.39, 0.29) is 18.5 Å².